The predicted molar refractivity (Wildman–Crippen MR) is 79.5 cm³/mol. The predicted octanol–water partition coefficient (Wildman–Crippen LogP) is 3.83. The Balaban J connectivity index is 2.47. The number of benzene rings is 2. The van der Waals surface area contributed by atoms with Gasteiger partial charge in [-0.2, -0.15) is 0 Å². The van der Waals surface area contributed by atoms with Crippen LogP contribution in [0.5, 0.6) is 0 Å². The first kappa shape index (κ1) is 12.1. The third-order valence-corrected chi connectivity index (χ3v) is 2.98. The lowest BCUT2D eigenvalue weighted by molar-refractivity contribution is 1.33. The molecule has 0 bridgehead atoms. The molecule has 0 aromatic heterocycles. The van der Waals surface area contributed by atoms with E-state index in [1.165, 1.54) is 0 Å². The third kappa shape index (κ3) is 2.84. The molecule has 2 N–H and O–H groups in total. The van der Waals surface area contributed by atoms with Crippen LogP contribution in [0.1, 0.15) is 0 Å². The monoisotopic (exact) mass is 306 g/mol. The number of rotatable bonds is 2. The van der Waals surface area contributed by atoms with Crippen LogP contribution in [0.2, 0.25) is 0 Å². The molecule has 0 radical (unpaired) electrons. The molecule has 0 aliphatic rings. The van der Waals surface area contributed by atoms with Crippen LogP contribution in [0.3, 0.4) is 0 Å². The van der Waals surface area contributed by atoms with Crippen LogP contribution < -0.4 is 10.6 Å². The Morgan fingerprint density at radius 2 is 1.65 bits per heavy atom. The zero-order valence-electron chi connectivity index (χ0n) is 9.01. The summed E-state index contributed by atoms with van der Waals surface area (Å²) in [4.78, 5) is 1.83. The Bertz CT molecular complexity index is 528. The first-order valence-electron chi connectivity index (χ1n) is 5.08. The molecule has 2 aromatic carbocycles. The highest BCUT2D eigenvalue weighted by Gasteiger charge is 2.11. The fraction of sp³-hybridized carbons (Fsp3) is 0. The molecule has 17 heavy (non-hydrogen) atoms. The molecule has 0 heterocycles. The lowest BCUT2D eigenvalue weighted by atomic mass is 10.2. The van der Waals surface area contributed by atoms with Crippen molar-refractivity contribution in [3.05, 3.63) is 59.1 Å². The van der Waals surface area contributed by atoms with Crippen LogP contribution in [-0.2, 0) is 0 Å². The second-order valence-electron chi connectivity index (χ2n) is 3.49. The number of halogens is 1. The largest absolute Gasteiger partial charge is 0.376 e. The summed E-state index contributed by atoms with van der Waals surface area (Å²) in [6.45, 7) is 0. The van der Waals surface area contributed by atoms with Gasteiger partial charge >= 0.3 is 0 Å². The average molecular weight is 307 g/mol. The van der Waals surface area contributed by atoms with Gasteiger partial charge in [-0.1, -0.05) is 40.2 Å². The van der Waals surface area contributed by atoms with Gasteiger partial charge in [0.1, 0.15) is 0 Å². The minimum Gasteiger partial charge on any atom is -0.376 e. The van der Waals surface area contributed by atoms with Gasteiger partial charge in [0.2, 0.25) is 0 Å². The fourth-order valence-electron chi connectivity index (χ4n) is 1.60. The average Bonchev–Trinajstić information content (AvgIpc) is 2.30. The molecule has 0 aliphatic heterocycles. The van der Waals surface area contributed by atoms with Crippen molar-refractivity contribution >= 4 is 44.6 Å². The molecule has 4 heteroatoms. The highest BCUT2D eigenvalue weighted by molar-refractivity contribution is 9.10. The van der Waals surface area contributed by atoms with E-state index in [-0.39, 0.29) is 0 Å². The Labute approximate surface area is 114 Å². The van der Waals surface area contributed by atoms with Crippen LogP contribution in [0, 0.1) is 0 Å². The molecule has 0 unspecified atom stereocenters. The summed E-state index contributed by atoms with van der Waals surface area (Å²) in [6.07, 6.45) is 0. The highest BCUT2D eigenvalue weighted by Crippen LogP contribution is 2.27. The number of para-hydroxylation sites is 1. The lowest BCUT2D eigenvalue weighted by Crippen LogP contribution is -2.31. The summed E-state index contributed by atoms with van der Waals surface area (Å²) in [7, 11) is 0. The molecule has 2 nitrogen and oxygen atoms in total. The maximum atomic E-state index is 5.79. The number of anilines is 2. The molecular weight excluding hydrogens is 296 g/mol. The molecule has 0 amide bonds. The maximum Gasteiger partial charge on any atom is 0.175 e. The third-order valence-electron chi connectivity index (χ3n) is 2.30. The Morgan fingerprint density at radius 3 is 2.24 bits per heavy atom. The summed E-state index contributed by atoms with van der Waals surface area (Å²) in [5.41, 5.74) is 7.69. The fourth-order valence-corrected chi connectivity index (χ4v) is 2.19. The van der Waals surface area contributed by atoms with Gasteiger partial charge in [-0.3, -0.25) is 4.90 Å². The van der Waals surface area contributed by atoms with Gasteiger partial charge in [-0.25, -0.2) is 0 Å². The SMILES string of the molecule is NC(=S)N(c1ccccc1)c1cccc(Br)c1. The summed E-state index contributed by atoms with van der Waals surface area (Å²) in [6, 6.07) is 17.7. The van der Waals surface area contributed by atoms with Gasteiger partial charge in [-0.05, 0) is 42.5 Å². The van der Waals surface area contributed by atoms with Crippen molar-refractivity contribution in [1.29, 1.82) is 0 Å². The molecule has 2 rings (SSSR count). The molecule has 0 aliphatic carbocycles. The quantitative estimate of drug-likeness (QED) is 0.855. The number of hydrogen-bond donors (Lipinski definition) is 1. The number of thiocarbonyl (C=S) groups is 1. The van der Waals surface area contributed by atoms with Crippen LogP contribution in [0.4, 0.5) is 11.4 Å². The Kier molecular flexibility index (Phi) is 3.76. The minimum atomic E-state index is 0.328. The van der Waals surface area contributed by atoms with Gasteiger partial charge in [0.25, 0.3) is 0 Å². The molecular formula is C13H11BrN2S. The van der Waals surface area contributed by atoms with E-state index in [2.05, 4.69) is 15.9 Å². The van der Waals surface area contributed by atoms with E-state index in [0.717, 1.165) is 15.8 Å². The van der Waals surface area contributed by atoms with Crippen LogP contribution in [-0.4, -0.2) is 5.11 Å². The standard InChI is InChI=1S/C13H11BrN2S/c14-10-5-4-8-12(9-10)16(13(15)17)11-6-2-1-3-7-11/h1-9H,(H2,15,17). The van der Waals surface area contributed by atoms with E-state index in [9.17, 15) is 0 Å². The molecule has 0 spiro atoms. The summed E-state index contributed by atoms with van der Waals surface area (Å²) in [5, 5.41) is 0.328. The van der Waals surface area contributed by atoms with E-state index in [0.29, 0.717) is 5.11 Å². The van der Waals surface area contributed by atoms with Crippen LogP contribution in [0.15, 0.2) is 59.1 Å². The van der Waals surface area contributed by atoms with Gasteiger partial charge in [0, 0.05) is 15.8 Å². The molecule has 2 aromatic rings. The van der Waals surface area contributed by atoms with Crippen molar-refractivity contribution in [2.45, 2.75) is 0 Å². The maximum absolute atomic E-state index is 5.79. The number of nitrogens with two attached hydrogens (primary N) is 1. The molecule has 0 atom stereocenters. The van der Waals surface area contributed by atoms with E-state index in [1.807, 2.05) is 59.5 Å². The zero-order valence-corrected chi connectivity index (χ0v) is 11.4. The van der Waals surface area contributed by atoms with Crippen molar-refractivity contribution in [1.82, 2.24) is 0 Å². The van der Waals surface area contributed by atoms with E-state index < -0.39 is 0 Å². The normalized spacial score (nSPS) is 9.94. The first-order valence-corrected chi connectivity index (χ1v) is 6.29. The molecule has 0 fully saturated rings. The summed E-state index contributed by atoms with van der Waals surface area (Å²) in [5.74, 6) is 0. The Hall–Kier alpha value is -1.39. The van der Waals surface area contributed by atoms with Crippen molar-refractivity contribution in [2.75, 3.05) is 4.90 Å². The van der Waals surface area contributed by atoms with Crippen LogP contribution >= 0.6 is 28.1 Å². The number of hydrogen-bond acceptors (Lipinski definition) is 1. The first-order chi connectivity index (χ1) is 8.18. The lowest BCUT2D eigenvalue weighted by Gasteiger charge is -2.23. The van der Waals surface area contributed by atoms with Crippen molar-refractivity contribution in [3.63, 3.8) is 0 Å². The Morgan fingerprint density at radius 1 is 1.00 bits per heavy atom. The second-order valence-corrected chi connectivity index (χ2v) is 4.82. The summed E-state index contributed by atoms with van der Waals surface area (Å²) >= 11 is 8.55. The minimum absolute atomic E-state index is 0.328. The van der Waals surface area contributed by atoms with Gasteiger partial charge in [-0.15, -0.1) is 0 Å². The van der Waals surface area contributed by atoms with Crippen molar-refractivity contribution < 1.29 is 0 Å². The van der Waals surface area contributed by atoms with Crippen molar-refractivity contribution in [2.24, 2.45) is 5.73 Å². The summed E-state index contributed by atoms with van der Waals surface area (Å²) < 4.78 is 0.993. The molecule has 0 saturated carbocycles. The van der Waals surface area contributed by atoms with E-state index >= 15 is 0 Å². The second kappa shape index (κ2) is 5.29. The van der Waals surface area contributed by atoms with E-state index in [1.54, 1.807) is 0 Å². The van der Waals surface area contributed by atoms with Gasteiger partial charge in [0.15, 0.2) is 5.11 Å². The smallest absolute Gasteiger partial charge is 0.175 e. The van der Waals surface area contributed by atoms with Gasteiger partial charge in [0.05, 0.1) is 0 Å². The topological polar surface area (TPSA) is 29.3 Å². The molecule has 0 saturated heterocycles. The molecule has 86 valence electrons. The van der Waals surface area contributed by atoms with Crippen LogP contribution in [0.25, 0.3) is 0 Å². The van der Waals surface area contributed by atoms with Crippen molar-refractivity contribution in [3.8, 4) is 0 Å². The van der Waals surface area contributed by atoms with Gasteiger partial charge < -0.3 is 5.73 Å². The van der Waals surface area contributed by atoms with E-state index in [4.69, 9.17) is 18.0 Å². The number of nitrogens with zero attached hydrogens (tertiary/aromatic N) is 1. The zero-order chi connectivity index (χ0) is 12.3. The highest BCUT2D eigenvalue weighted by atomic mass is 79.9.